The Hall–Kier alpha value is -3.15. The third-order valence-corrected chi connectivity index (χ3v) is 3.20. The number of aromatic nitrogens is 2. The van der Waals surface area contributed by atoms with Gasteiger partial charge in [-0.3, -0.25) is 0 Å². The van der Waals surface area contributed by atoms with E-state index in [2.05, 4.69) is 15.3 Å². The fraction of sp³-hybridized carbons (Fsp3) is 0. The summed E-state index contributed by atoms with van der Waals surface area (Å²) in [5.41, 5.74) is 1.73. The number of fused-ring (bicyclic) bond motifs is 1. The van der Waals surface area contributed by atoms with Crippen molar-refractivity contribution in [2.75, 3.05) is 5.32 Å². The molecule has 0 fully saturated rings. The van der Waals surface area contributed by atoms with Crippen LogP contribution in [0.25, 0.3) is 11.0 Å². The number of pyridine rings is 1. The second kappa shape index (κ2) is 5.69. The lowest BCUT2D eigenvalue weighted by molar-refractivity contribution is 0.472. The number of phenolic OH excluding ortho intramolecular Hbond substituents is 1. The SMILES string of the molecule is N=C(/C=C\Nc1ccnc2[nH]ccc12)c1cc(F)ccc1O. The summed E-state index contributed by atoms with van der Waals surface area (Å²) in [6.45, 7) is 0. The minimum Gasteiger partial charge on any atom is -0.507 e. The second-order valence-electron chi connectivity index (χ2n) is 4.65. The standard InChI is InChI=1S/C16H13FN4O/c17-10-1-2-15(22)12(9-10)13(18)4-7-19-14-5-8-21-16-11(14)3-6-20-16/h1-9,18,22H,(H2,19,20,21)/b7-4-,18-13?. The predicted octanol–water partition coefficient (Wildman–Crippen LogP) is 3.40. The lowest BCUT2D eigenvalue weighted by Gasteiger charge is -2.04. The molecule has 0 saturated carbocycles. The molecule has 4 N–H and O–H groups in total. The highest BCUT2D eigenvalue weighted by molar-refractivity contribution is 6.08. The number of hydrogen-bond acceptors (Lipinski definition) is 4. The minimum atomic E-state index is -0.498. The normalized spacial score (nSPS) is 11.1. The monoisotopic (exact) mass is 296 g/mol. The summed E-state index contributed by atoms with van der Waals surface area (Å²) < 4.78 is 13.2. The van der Waals surface area contributed by atoms with Crippen LogP contribution in [-0.4, -0.2) is 20.8 Å². The Morgan fingerprint density at radius 2 is 2.18 bits per heavy atom. The first-order valence-electron chi connectivity index (χ1n) is 6.58. The molecule has 5 nitrogen and oxygen atoms in total. The van der Waals surface area contributed by atoms with Gasteiger partial charge in [0.25, 0.3) is 0 Å². The Bertz CT molecular complexity index is 869. The molecular weight excluding hydrogens is 283 g/mol. The third kappa shape index (κ3) is 2.67. The number of nitrogens with one attached hydrogen (secondary N) is 3. The molecule has 0 atom stereocenters. The first-order chi connectivity index (χ1) is 10.6. The molecule has 0 amide bonds. The van der Waals surface area contributed by atoms with Crippen LogP contribution in [0.5, 0.6) is 5.75 Å². The zero-order chi connectivity index (χ0) is 15.5. The number of allylic oxidation sites excluding steroid dienone is 1. The summed E-state index contributed by atoms with van der Waals surface area (Å²) in [5, 5.41) is 21.5. The van der Waals surface area contributed by atoms with E-state index in [-0.39, 0.29) is 17.0 Å². The van der Waals surface area contributed by atoms with Gasteiger partial charge in [0, 0.05) is 29.5 Å². The molecule has 22 heavy (non-hydrogen) atoms. The molecule has 0 spiro atoms. The van der Waals surface area contributed by atoms with E-state index in [0.29, 0.717) is 0 Å². The third-order valence-electron chi connectivity index (χ3n) is 3.20. The summed E-state index contributed by atoms with van der Waals surface area (Å²) >= 11 is 0. The average Bonchev–Trinajstić information content (AvgIpc) is 2.99. The Labute approximate surface area is 125 Å². The Balaban J connectivity index is 1.78. The summed E-state index contributed by atoms with van der Waals surface area (Å²) in [6, 6.07) is 7.20. The number of rotatable bonds is 4. The zero-order valence-electron chi connectivity index (χ0n) is 11.5. The van der Waals surface area contributed by atoms with Crippen molar-refractivity contribution < 1.29 is 9.50 Å². The first kappa shape index (κ1) is 13.8. The van der Waals surface area contributed by atoms with Gasteiger partial charge in [-0.15, -0.1) is 0 Å². The van der Waals surface area contributed by atoms with Gasteiger partial charge in [0.2, 0.25) is 0 Å². The molecule has 6 heteroatoms. The molecule has 1 aromatic carbocycles. The second-order valence-corrected chi connectivity index (χ2v) is 4.65. The van der Waals surface area contributed by atoms with Gasteiger partial charge in [-0.2, -0.15) is 0 Å². The maximum atomic E-state index is 13.2. The van der Waals surface area contributed by atoms with E-state index in [0.717, 1.165) is 28.9 Å². The Kier molecular flexibility index (Phi) is 3.57. The summed E-state index contributed by atoms with van der Waals surface area (Å²) in [5.74, 6) is -0.630. The van der Waals surface area contributed by atoms with Crippen LogP contribution >= 0.6 is 0 Å². The summed E-state index contributed by atoms with van der Waals surface area (Å²) in [6.07, 6.45) is 6.47. The van der Waals surface area contributed by atoms with Gasteiger partial charge < -0.3 is 20.8 Å². The van der Waals surface area contributed by atoms with Crippen molar-refractivity contribution in [1.29, 1.82) is 5.41 Å². The molecule has 3 aromatic rings. The van der Waals surface area contributed by atoms with E-state index in [1.54, 1.807) is 18.6 Å². The van der Waals surface area contributed by atoms with E-state index >= 15 is 0 Å². The van der Waals surface area contributed by atoms with E-state index < -0.39 is 5.82 Å². The molecule has 0 aliphatic rings. The van der Waals surface area contributed by atoms with Crippen molar-refractivity contribution in [2.24, 2.45) is 0 Å². The van der Waals surface area contributed by atoms with Crippen LogP contribution in [0.3, 0.4) is 0 Å². The van der Waals surface area contributed by atoms with Crippen molar-refractivity contribution in [3.63, 3.8) is 0 Å². The number of nitrogens with zero attached hydrogens (tertiary/aromatic N) is 1. The van der Waals surface area contributed by atoms with Gasteiger partial charge in [-0.05, 0) is 36.4 Å². The lowest BCUT2D eigenvalue weighted by atomic mass is 10.1. The number of anilines is 1. The molecule has 2 aromatic heterocycles. The molecule has 0 unspecified atom stereocenters. The number of H-pyrrole nitrogens is 1. The highest BCUT2D eigenvalue weighted by Crippen LogP contribution is 2.21. The van der Waals surface area contributed by atoms with Gasteiger partial charge in [-0.1, -0.05) is 0 Å². The van der Waals surface area contributed by atoms with Crippen molar-refractivity contribution in [3.8, 4) is 5.75 Å². The van der Waals surface area contributed by atoms with Crippen LogP contribution in [0.1, 0.15) is 5.56 Å². The van der Waals surface area contributed by atoms with Crippen molar-refractivity contribution >= 4 is 22.4 Å². The summed E-state index contributed by atoms with van der Waals surface area (Å²) in [7, 11) is 0. The molecule has 2 heterocycles. The number of phenols is 1. The Morgan fingerprint density at radius 3 is 3.05 bits per heavy atom. The molecule has 0 aliphatic heterocycles. The van der Waals surface area contributed by atoms with E-state index in [1.807, 2.05) is 12.1 Å². The smallest absolute Gasteiger partial charge is 0.139 e. The van der Waals surface area contributed by atoms with Gasteiger partial charge in [0.15, 0.2) is 0 Å². The van der Waals surface area contributed by atoms with Crippen LogP contribution in [0.4, 0.5) is 10.1 Å². The predicted molar refractivity (Wildman–Crippen MR) is 83.7 cm³/mol. The summed E-state index contributed by atoms with van der Waals surface area (Å²) in [4.78, 5) is 7.18. The average molecular weight is 296 g/mol. The van der Waals surface area contributed by atoms with E-state index in [1.165, 1.54) is 12.1 Å². The van der Waals surface area contributed by atoms with Crippen molar-refractivity contribution in [1.82, 2.24) is 9.97 Å². The maximum absolute atomic E-state index is 13.2. The van der Waals surface area contributed by atoms with Crippen LogP contribution in [-0.2, 0) is 0 Å². The molecule has 110 valence electrons. The molecule has 0 aliphatic carbocycles. The van der Waals surface area contributed by atoms with Crippen molar-refractivity contribution in [3.05, 3.63) is 66.4 Å². The fourth-order valence-corrected chi connectivity index (χ4v) is 2.12. The minimum absolute atomic E-state index is 0.00358. The first-order valence-corrected chi connectivity index (χ1v) is 6.58. The maximum Gasteiger partial charge on any atom is 0.139 e. The number of hydrogen-bond donors (Lipinski definition) is 4. The van der Waals surface area contributed by atoms with Gasteiger partial charge in [-0.25, -0.2) is 9.37 Å². The number of aromatic hydroxyl groups is 1. The van der Waals surface area contributed by atoms with Gasteiger partial charge in [0.1, 0.15) is 17.2 Å². The molecule has 3 rings (SSSR count). The zero-order valence-corrected chi connectivity index (χ0v) is 11.5. The van der Waals surface area contributed by atoms with Crippen LogP contribution in [0, 0.1) is 11.2 Å². The highest BCUT2D eigenvalue weighted by atomic mass is 19.1. The fourth-order valence-electron chi connectivity index (χ4n) is 2.12. The van der Waals surface area contributed by atoms with Crippen LogP contribution in [0.15, 0.2) is 55.0 Å². The highest BCUT2D eigenvalue weighted by Gasteiger charge is 2.06. The largest absolute Gasteiger partial charge is 0.507 e. The van der Waals surface area contributed by atoms with E-state index in [4.69, 9.17) is 5.41 Å². The van der Waals surface area contributed by atoms with Gasteiger partial charge in [0.05, 0.1) is 11.4 Å². The van der Waals surface area contributed by atoms with Crippen LogP contribution in [0.2, 0.25) is 0 Å². The van der Waals surface area contributed by atoms with Crippen molar-refractivity contribution in [2.45, 2.75) is 0 Å². The molecular formula is C16H13FN4O. The Morgan fingerprint density at radius 1 is 1.32 bits per heavy atom. The molecule has 0 saturated heterocycles. The van der Waals surface area contributed by atoms with Crippen LogP contribution < -0.4 is 5.32 Å². The number of halogens is 1. The number of aromatic amines is 1. The van der Waals surface area contributed by atoms with Gasteiger partial charge >= 0.3 is 0 Å². The topological polar surface area (TPSA) is 84.8 Å². The molecule has 0 bridgehead atoms. The number of benzene rings is 1. The molecule has 0 radical (unpaired) electrons. The quantitative estimate of drug-likeness (QED) is 0.557. The van der Waals surface area contributed by atoms with E-state index in [9.17, 15) is 9.50 Å². The lowest BCUT2D eigenvalue weighted by Crippen LogP contribution is -1.98.